The van der Waals surface area contributed by atoms with Gasteiger partial charge in [-0.15, -0.1) is 0 Å². The van der Waals surface area contributed by atoms with E-state index >= 15 is 0 Å². The molecular formula is C19H17N3O5S. The number of carbonyl (C=O) groups excluding carboxylic acids is 4. The minimum absolute atomic E-state index is 0.00808. The van der Waals surface area contributed by atoms with Crippen LogP contribution in [0, 0.1) is 0 Å². The average molecular weight is 399 g/mol. The summed E-state index contributed by atoms with van der Waals surface area (Å²) in [7, 11) is 0. The Labute approximate surface area is 165 Å². The fourth-order valence-electron chi connectivity index (χ4n) is 2.38. The van der Waals surface area contributed by atoms with Crippen molar-refractivity contribution in [1.82, 2.24) is 10.2 Å². The second-order valence-corrected chi connectivity index (χ2v) is 6.68. The molecule has 0 spiro atoms. The highest BCUT2D eigenvalue weighted by Crippen LogP contribution is 2.22. The molecule has 2 N–H and O–H groups in total. The van der Waals surface area contributed by atoms with Crippen LogP contribution in [0.1, 0.15) is 0 Å². The van der Waals surface area contributed by atoms with Gasteiger partial charge in [0.05, 0.1) is 5.75 Å². The number of carbonyl (C=O) groups is 4. The highest BCUT2D eigenvalue weighted by atomic mass is 32.2. The second-order valence-electron chi connectivity index (χ2n) is 5.75. The number of amides is 4. The van der Waals surface area contributed by atoms with Gasteiger partial charge >= 0.3 is 11.8 Å². The molecule has 0 unspecified atom stereocenters. The van der Waals surface area contributed by atoms with E-state index < -0.39 is 11.8 Å². The zero-order chi connectivity index (χ0) is 19.9. The van der Waals surface area contributed by atoms with E-state index in [0.717, 1.165) is 16.7 Å². The lowest BCUT2D eigenvalue weighted by Gasteiger charge is -2.13. The van der Waals surface area contributed by atoms with Gasteiger partial charge in [0.15, 0.2) is 0 Å². The number of nitrogens with zero attached hydrogens (tertiary/aromatic N) is 1. The number of hydrogen-bond donors (Lipinski definition) is 2. The maximum absolute atomic E-state index is 11.9. The predicted molar refractivity (Wildman–Crippen MR) is 104 cm³/mol. The Morgan fingerprint density at radius 3 is 2.29 bits per heavy atom. The smallest absolute Gasteiger partial charge is 0.313 e. The molecule has 0 saturated carbocycles. The molecule has 9 heteroatoms. The van der Waals surface area contributed by atoms with Crippen LogP contribution in [0.15, 0.2) is 54.6 Å². The normalized spacial score (nSPS) is 13.4. The second kappa shape index (κ2) is 9.05. The molecule has 0 aliphatic carbocycles. The molecule has 1 aliphatic rings. The van der Waals surface area contributed by atoms with Crippen LogP contribution in [0.5, 0.6) is 11.5 Å². The van der Waals surface area contributed by atoms with Crippen molar-refractivity contribution < 1.29 is 23.9 Å². The number of imide groups is 1. The molecule has 1 fully saturated rings. The number of rotatable bonds is 6. The van der Waals surface area contributed by atoms with Gasteiger partial charge in [-0.05, 0) is 36.4 Å². The number of nitrogens with one attached hydrogen (secondary N) is 2. The van der Waals surface area contributed by atoms with Crippen LogP contribution in [0.2, 0.25) is 0 Å². The largest absolute Gasteiger partial charge is 0.457 e. The van der Waals surface area contributed by atoms with Gasteiger partial charge in [0, 0.05) is 18.8 Å². The third-order valence-electron chi connectivity index (χ3n) is 3.76. The summed E-state index contributed by atoms with van der Waals surface area (Å²) in [6.45, 7) is 0.0450. The number of thioether (sulfide) groups is 1. The summed E-state index contributed by atoms with van der Waals surface area (Å²) in [6.07, 6.45) is 0. The van der Waals surface area contributed by atoms with Crippen molar-refractivity contribution in [3.8, 4) is 11.5 Å². The maximum Gasteiger partial charge on any atom is 0.313 e. The Morgan fingerprint density at radius 2 is 1.64 bits per heavy atom. The van der Waals surface area contributed by atoms with Crippen LogP contribution in [-0.2, 0) is 14.4 Å². The zero-order valence-corrected chi connectivity index (χ0v) is 15.5. The van der Waals surface area contributed by atoms with Crippen molar-refractivity contribution in [2.75, 3.05) is 24.2 Å². The molecule has 8 nitrogen and oxygen atoms in total. The Hall–Kier alpha value is -3.33. The summed E-state index contributed by atoms with van der Waals surface area (Å²) in [6, 6.07) is 15.8. The summed E-state index contributed by atoms with van der Waals surface area (Å²) in [5, 5.41) is 4.51. The molecule has 0 aromatic heterocycles. The summed E-state index contributed by atoms with van der Waals surface area (Å²) in [5.74, 6) is -0.608. The van der Waals surface area contributed by atoms with Gasteiger partial charge in [-0.3, -0.25) is 24.1 Å². The Balaban J connectivity index is 1.45. The molecule has 2 aromatic rings. The molecule has 28 heavy (non-hydrogen) atoms. The Morgan fingerprint density at radius 1 is 0.964 bits per heavy atom. The predicted octanol–water partition coefficient (Wildman–Crippen LogP) is 2.23. The van der Waals surface area contributed by atoms with Gasteiger partial charge in [-0.2, -0.15) is 0 Å². The van der Waals surface area contributed by atoms with Crippen molar-refractivity contribution in [1.29, 1.82) is 0 Å². The quantitative estimate of drug-likeness (QED) is 0.722. The summed E-state index contributed by atoms with van der Waals surface area (Å²) < 4.78 is 5.65. The van der Waals surface area contributed by atoms with Gasteiger partial charge in [-0.25, -0.2) is 0 Å². The number of ether oxygens (including phenoxy) is 1. The first-order chi connectivity index (χ1) is 13.5. The number of para-hydroxylation sites is 1. The van der Waals surface area contributed by atoms with Crippen molar-refractivity contribution in [3.05, 3.63) is 54.6 Å². The van der Waals surface area contributed by atoms with Crippen LogP contribution < -0.4 is 15.4 Å². The lowest BCUT2D eigenvalue weighted by Crippen LogP contribution is -2.41. The monoisotopic (exact) mass is 399 g/mol. The number of benzene rings is 2. The first kappa shape index (κ1) is 19.4. The zero-order valence-electron chi connectivity index (χ0n) is 14.7. The van der Waals surface area contributed by atoms with Crippen molar-refractivity contribution >= 4 is 40.4 Å². The Kier molecular flexibility index (Phi) is 6.28. The standard InChI is InChI=1S/C19H17N3O5S/c23-16-12-28-19(26)22(16)11-10-20-17(24)18(25)21-13-6-8-15(9-7-13)27-14-4-2-1-3-5-14/h1-9H,10-12H2,(H,20,24)(H,21,25). The molecule has 0 bridgehead atoms. The van der Waals surface area contributed by atoms with Gasteiger partial charge in [0.2, 0.25) is 5.91 Å². The van der Waals surface area contributed by atoms with Gasteiger partial charge in [0.1, 0.15) is 11.5 Å². The molecule has 1 heterocycles. The molecule has 144 valence electrons. The molecular weight excluding hydrogens is 382 g/mol. The van der Waals surface area contributed by atoms with E-state index in [-0.39, 0.29) is 30.0 Å². The van der Waals surface area contributed by atoms with Crippen LogP contribution in [0.3, 0.4) is 0 Å². The molecule has 4 amide bonds. The van der Waals surface area contributed by atoms with Crippen LogP contribution in [0.25, 0.3) is 0 Å². The van der Waals surface area contributed by atoms with E-state index in [1.165, 1.54) is 0 Å². The summed E-state index contributed by atoms with van der Waals surface area (Å²) in [5.41, 5.74) is 0.432. The minimum atomic E-state index is -0.851. The van der Waals surface area contributed by atoms with E-state index in [9.17, 15) is 19.2 Å². The molecule has 3 rings (SSSR count). The first-order valence-corrected chi connectivity index (χ1v) is 9.41. The van der Waals surface area contributed by atoms with Crippen molar-refractivity contribution in [2.24, 2.45) is 0 Å². The van der Waals surface area contributed by atoms with Crippen LogP contribution >= 0.6 is 11.8 Å². The Bertz CT molecular complexity index is 870. The maximum atomic E-state index is 11.9. The van der Waals surface area contributed by atoms with E-state index in [0.29, 0.717) is 17.2 Å². The topological polar surface area (TPSA) is 105 Å². The average Bonchev–Trinajstić information content (AvgIpc) is 3.02. The molecule has 1 aliphatic heterocycles. The molecule has 2 aromatic carbocycles. The van der Waals surface area contributed by atoms with Crippen molar-refractivity contribution in [3.63, 3.8) is 0 Å². The lowest BCUT2D eigenvalue weighted by molar-refractivity contribution is -0.136. The van der Waals surface area contributed by atoms with Crippen molar-refractivity contribution in [2.45, 2.75) is 0 Å². The summed E-state index contributed by atoms with van der Waals surface area (Å²) >= 11 is 0.917. The lowest BCUT2D eigenvalue weighted by atomic mass is 10.3. The number of anilines is 1. The SMILES string of the molecule is O=C(NCCN1C(=O)CSC1=O)C(=O)Nc1ccc(Oc2ccccc2)cc1. The van der Waals surface area contributed by atoms with Crippen LogP contribution in [0.4, 0.5) is 10.5 Å². The summed E-state index contributed by atoms with van der Waals surface area (Å²) in [4.78, 5) is 47.7. The van der Waals surface area contributed by atoms with Gasteiger partial charge in [-0.1, -0.05) is 30.0 Å². The van der Waals surface area contributed by atoms with E-state index in [1.54, 1.807) is 24.3 Å². The fraction of sp³-hybridized carbons (Fsp3) is 0.158. The molecule has 1 saturated heterocycles. The van der Waals surface area contributed by atoms with Crippen LogP contribution in [-0.4, -0.2) is 46.7 Å². The van der Waals surface area contributed by atoms with E-state index in [2.05, 4.69) is 10.6 Å². The molecule has 0 radical (unpaired) electrons. The van der Waals surface area contributed by atoms with Gasteiger partial charge < -0.3 is 15.4 Å². The highest BCUT2D eigenvalue weighted by Gasteiger charge is 2.29. The minimum Gasteiger partial charge on any atom is -0.457 e. The first-order valence-electron chi connectivity index (χ1n) is 8.42. The fourth-order valence-corrected chi connectivity index (χ4v) is 3.13. The highest BCUT2D eigenvalue weighted by molar-refractivity contribution is 8.14. The van der Waals surface area contributed by atoms with E-state index in [4.69, 9.17) is 4.74 Å². The third-order valence-corrected chi connectivity index (χ3v) is 4.62. The third kappa shape index (κ3) is 5.10. The molecule has 0 atom stereocenters. The van der Waals surface area contributed by atoms with Gasteiger partial charge in [0.25, 0.3) is 5.24 Å². The van der Waals surface area contributed by atoms with E-state index in [1.807, 2.05) is 30.3 Å². The number of hydrogen-bond acceptors (Lipinski definition) is 6.